The summed E-state index contributed by atoms with van der Waals surface area (Å²) in [5.74, 6) is -0.545. The summed E-state index contributed by atoms with van der Waals surface area (Å²) in [6, 6.07) is 19.1. The SMILES string of the molecule is CC1(C)O[C@@H](CC[n+]2cn(C3CCCCC3)c3ccccc32)[C@H](CC[n+]2cn(C3CCCCC3)c3ccccc32)O1. The molecule has 2 aromatic carbocycles. The molecule has 6 heteroatoms. The molecule has 1 aliphatic heterocycles. The molecule has 2 aromatic heterocycles. The Morgan fingerprint density at radius 2 is 1.05 bits per heavy atom. The predicted octanol–water partition coefficient (Wildman–Crippen LogP) is 7.18. The van der Waals surface area contributed by atoms with Crippen LogP contribution in [0, 0.1) is 0 Å². The van der Waals surface area contributed by atoms with Gasteiger partial charge in [0, 0.05) is 12.8 Å². The van der Waals surface area contributed by atoms with E-state index in [0.29, 0.717) is 12.1 Å². The van der Waals surface area contributed by atoms with E-state index < -0.39 is 5.79 Å². The van der Waals surface area contributed by atoms with E-state index in [1.165, 1.54) is 86.3 Å². The lowest BCUT2D eigenvalue weighted by Gasteiger charge is -2.19. The summed E-state index contributed by atoms with van der Waals surface area (Å²) < 4.78 is 23.1. The summed E-state index contributed by atoms with van der Waals surface area (Å²) in [6.07, 6.45) is 20.2. The van der Waals surface area contributed by atoms with Crippen molar-refractivity contribution in [3.05, 3.63) is 61.2 Å². The number of benzene rings is 2. The average molecular weight is 557 g/mol. The van der Waals surface area contributed by atoms with Crippen molar-refractivity contribution in [1.82, 2.24) is 9.13 Å². The fraction of sp³-hybridized carbons (Fsp3) is 0.600. The van der Waals surface area contributed by atoms with Gasteiger partial charge in [-0.25, -0.2) is 18.3 Å². The molecule has 0 spiro atoms. The van der Waals surface area contributed by atoms with Crippen LogP contribution in [0.4, 0.5) is 0 Å². The number of nitrogens with zero attached hydrogens (tertiary/aromatic N) is 4. The van der Waals surface area contributed by atoms with Crippen molar-refractivity contribution < 1.29 is 18.6 Å². The molecule has 3 heterocycles. The van der Waals surface area contributed by atoms with Crippen molar-refractivity contribution in [3.8, 4) is 0 Å². The summed E-state index contributed by atoms with van der Waals surface area (Å²) >= 11 is 0. The molecule has 7 rings (SSSR count). The van der Waals surface area contributed by atoms with Gasteiger partial charge in [0.25, 0.3) is 0 Å². The quantitative estimate of drug-likeness (QED) is 0.216. The standard InChI is InChI=1S/C35H48N4O2/c1-35(2)40-33(21-23-36-25-38(27-13-5-3-6-14-27)31-19-11-9-17-29(31)36)34(41-35)22-24-37-26-39(28-15-7-4-8-16-28)32-20-12-10-18-30(32)37/h9-12,17-20,25-28,33-34H,3-8,13-16,21-24H2,1-2H3/q+2/t33-,34-/m0/s1. The Bertz CT molecular complexity index is 1360. The third-order valence-corrected chi connectivity index (χ3v) is 10.00. The molecule has 3 fully saturated rings. The molecule has 41 heavy (non-hydrogen) atoms. The zero-order valence-corrected chi connectivity index (χ0v) is 25.1. The number of aromatic nitrogens is 4. The Morgan fingerprint density at radius 1 is 0.634 bits per heavy atom. The molecule has 1 saturated heterocycles. The van der Waals surface area contributed by atoms with Gasteiger partial charge in [-0.2, -0.15) is 0 Å². The second-order valence-corrected chi connectivity index (χ2v) is 13.3. The normalized spacial score (nSPS) is 24.0. The minimum atomic E-state index is -0.545. The van der Waals surface area contributed by atoms with Crippen molar-refractivity contribution in [2.75, 3.05) is 0 Å². The van der Waals surface area contributed by atoms with Crippen LogP contribution in [0.3, 0.4) is 0 Å². The second-order valence-electron chi connectivity index (χ2n) is 13.3. The first kappa shape index (κ1) is 27.2. The van der Waals surface area contributed by atoms with Gasteiger partial charge >= 0.3 is 0 Å². The van der Waals surface area contributed by atoms with E-state index in [4.69, 9.17) is 9.47 Å². The maximum absolute atomic E-state index is 6.54. The van der Waals surface area contributed by atoms with Crippen LogP contribution >= 0.6 is 0 Å². The van der Waals surface area contributed by atoms with E-state index in [-0.39, 0.29) is 12.2 Å². The summed E-state index contributed by atoms with van der Waals surface area (Å²) in [7, 11) is 0. The molecule has 2 aliphatic carbocycles. The van der Waals surface area contributed by atoms with Crippen LogP contribution in [-0.2, 0) is 22.6 Å². The van der Waals surface area contributed by atoms with Crippen LogP contribution in [0.25, 0.3) is 22.1 Å². The summed E-state index contributed by atoms with van der Waals surface area (Å²) in [6.45, 7) is 6.03. The molecular formula is C35H48N4O2+2. The van der Waals surface area contributed by atoms with Gasteiger partial charge in [0.15, 0.2) is 27.9 Å². The van der Waals surface area contributed by atoms with Gasteiger partial charge in [0.2, 0.25) is 12.7 Å². The minimum absolute atomic E-state index is 0.0848. The van der Waals surface area contributed by atoms with Crippen LogP contribution in [0.5, 0.6) is 0 Å². The fourth-order valence-electron chi connectivity index (χ4n) is 7.99. The Morgan fingerprint density at radius 3 is 1.49 bits per heavy atom. The van der Waals surface area contributed by atoms with Crippen molar-refractivity contribution >= 4 is 22.1 Å². The smallest absolute Gasteiger partial charge is 0.244 e. The van der Waals surface area contributed by atoms with Crippen molar-refractivity contribution in [2.45, 2.75) is 134 Å². The van der Waals surface area contributed by atoms with Crippen molar-refractivity contribution in [3.63, 3.8) is 0 Å². The number of hydrogen-bond acceptors (Lipinski definition) is 2. The van der Waals surface area contributed by atoms with Gasteiger partial charge in [-0.05, 0) is 89.5 Å². The molecule has 0 bridgehead atoms. The van der Waals surface area contributed by atoms with E-state index in [9.17, 15) is 0 Å². The summed E-state index contributed by atoms with van der Waals surface area (Å²) in [5, 5.41) is 0. The topological polar surface area (TPSA) is 36.1 Å². The number of para-hydroxylation sites is 4. The Balaban J connectivity index is 1.08. The maximum Gasteiger partial charge on any atom is 0.244 e. The Kier molecular flexibility index (Phi) is 7.63. The monoisotopic (exact) mass is 556 g/mol. The van der Waals surface area contributed by atoms with Gasteiger partial charge in [0.1, 0.15) is 12.1 Å². The van der Waals surface area contributed by atoms with Crippen LogP contribution in [0.15, 0.2) is 61.2 Å². The van der Waals surface area contributed by atoms with Crippen LogP contribution in [0.1, 0.15) is 103 Å². The average Bonchev–Trinajstić information content (AvgIpc) is 3.66. The lowest BCUT2D eigenvalue weighted by Crippen LogP contribution is -2.39. The third kappa shape index (κ3) is 5.58. The first-order valence-electron chi connectivity index (χ1n) is 16.4. The number of ether oxygens (including phenoxy) is 2. The van der Waals surface area contributed by atoms with Crippen LogP contribution in [-0.4, -0.2) is 27.1 Å². The number of hydrogen-bond donors (Lipinski definition) is 0. The number of aryl methyl sites for hydroxylation is 2. The zero-order valence-electron chi connectivity index (χ0n) is 25.1. The van der Waals surface area contributed by atoms with E-state index in [1.807, 2.05) is 0 Å². The van der Waals surface area contributed by atoms with Gasteiger partial charge in [0.05, 0.1) is 25.3 Å². The lowest BCUT2D eigenvalue weighted by molar-refractivity contribution is -0.675. The lowest BCUT2D eigenvalue weighted by atomic mass is 9.95. The molecule has 218 valence electrons. The van der Waals surface area contributed by atoms with Gasteiger partial charge in [-0.3, -0.25) is 0 Å². The Labute approximate surface area is 244 Å². The van der Waals surface area contributed by atoms with Gasteiger partial charge in [-0.1, -0.05) is 37.1 Å². The van der Waals surface area contributed by atoms with Crippen LogP contribution < -0.4 is 9.13 Å². The molecule has 2 atom stereocenters. The largest absolute Gasteiger partial charge is 0.344 e. The Hall–Kier alpha value is -2.70. The van der Waals surface area contributed by atoms with Gasteiger partial charge < -0.3 is 9.47 Å². The van der Waals surface area contributed by atoms with E-state index in [2.05, 4.69) is 93.3 Å². The fourth-order valence-corrected chi connectivity index (χ4v) is 7.99. The van der Waals surface area contributed by atoms with Crippen molar-refractivity contribution in [2.24, 2.45) is 0 Å². The molecular weight excluding hydrogens is 508 g/mol. The highest BCUT2D eigenvalue weighted by atomic mass is 16.7. The molecule has 0 N–H and O–H groups in total. The second kappa shape index (κ2) is 11.5. The molecule has 6 nitrogen and oxygen atoms in total. The molecule has 4 aromatic rings. The van der Waals surface area contributed by atoms with Crippen molar-refractivity contribution in [1.29, 1.82) is 0 Å². The molecule has 0 radical (unpaired) electrons. The zero-order chi connectivity index (χ0) is 27.8. The number of fused-ring (bicyclic) bond motifs is 2. The van der Waals surface area contributed by atoms with E-state index >= 15 is 0 Å². The van der Waals surface area contributed by atoms with Crippen LogP contribution in [0.2, 0.25) is 0 Å². The molecule has 2 saturated carbocycles. The first-order chi connectivity index (χ1) is 20.1. The highest BCUT2D eigenvalue weighted by Gasteiger charge is 2.41. The highest BCUT2D eigenvalue weighted by molar-refractivity contribution is 5.72. The van der Waals surface area contributed by atoms with Gasteiger partial charge in [-0.15, -0.1) is 0 Å². The molecule has 0 unspecified atom stereocenters. The first-order valence-corrected chi connectivity index (χ1v) is 16.4. The third-order valence-electron chi connectivity index (χ3n) is 10.00. The number of rotatable bonds is 8. The molecule has 0 amide bonds. The minimum Gasteiger partial charge on any atom is -0.344 e. The molecule has 3 aliphatic rings. The highest BCUT2D eigenvalue weighted by Crippen LogP contribution is 2.34. The van der Waals surface area contributed by atoms with E-state index in [1.54, 1.807) is 0 Å². The van der Waals surface area contributed by atoms with E-state index in [0.717, 1.165) is 25.9 Å². The number of imidazole rings is 2. The summed E-state index contributed by atoms with van der Waals surface area (Å²) in [4.78, 5) is 0. The predicted molar refractivity (Wildman–Crippen MR) is 162 cm³/mol. The maximum atomic E-state index is 6.54. The summed E-state index contributed by atoms with van der Waals surface area (Å²) in [5.41, 5.74) is 5.40.